The molecule has 7 nitrogen and oxygen atoms in total. The Morgan fingerprint density at radius 2 is 1.78 bits per heavy atom. The van der Waals surface area contributed by atoms with Crippen molar-refractivity contribution in [3.63, 3.8) is 0 Å². The highest BCUT2D eigenvalue weighted by Gasteiger charge is 2.52. The van der Waals surface area contributed by atoms with Gasteiger partial charge in [0.05, 0.1) is 5.69 Å². The van der Waals surface area contributed by atoms with Crippen LogP contribution in [-0.2, 0) is 14.3 Å². The predicted molar refractivity (Wildman–Crippen MR) is 76.9 cm³/mol. The number of carbonyl (C=O) groups excluding carboxylic acids is 1. The van der Waals surface area contributed by atoms with Crippen molar-refractivity contribution in [1.82, 2.24) is 0 Å². The number of amides is 1. The molecule has 0 aliphatic carbocycles. The lowest BCUT2D eigenvalue weighted by Gasteiger charge is -2.28. The molecule has 0 radical (unpaired) electrons. The third-order valence-electron chi connectivity index (χ3n) is 3.30. The van der Waals surface area contributed by atoms with Crippen molar-refractivity contribution in [3.8, 4) is 0 Å². The second-order valence-electron chi connectivity index (χ2n) is 6.13. The van der Waals surface area contributed by atoms with E-state index in [-0.39, 0.29) is 11.3 Å². The molecule has 2 rings (SSSR count). The van der Waals surface area contributed by atoms with Crippen LogP contribution in [0, 0.1) is 5.82 Å². The molecule has 2 atom stereocenters. The van der Waals surface area contributed by atoms with E-state index in [1.54, 1.807) is 20.8 Å². The number of fused-ring (bicyclic) bond motifs is 1. The quantitative estimate of drug-likeness (QED) is 0.864. The Hall–Kier alpha value is -2.64. The van der Waals surface area contributed by atoms with Crippen LogP contribution in [0.4, 0.5) is 14.9 Å². The first-order valence-electron chi connectivity index (χ1n) is 6.81. The van der Waals surface area contributed by atoms with Gasteiger partial charge >= 0.3 is 18.0 Å². The Balaban J connectivity index is 2.61. The normalized spacial score (nSPS) is 20.1. The largest absolute Gasteiger partial charge is 0.481 e. The molecule has 1 amide bonds. The number of halogens is 1. The number of para-hydroxylation sites is 1. The number of anilines is 1. The lowest BCUT2D eigenvalue weighted by atomic mass is 9.95. The van der Waals surface area contributed by atoms with E-state index in [1.165, 1.54) is 12.1 Å². The fourth-order valence-corrected chi connectivity index (χ4v) is 2.53. The summed E-state index contributed by atoms with van der Waals surface area (Å²) in [5.41, 5.74) is -1.40. The van der Waals surface area contributed by atoms with Gasteiger partial charge in [-0.15, -0.1) is 0 Å². The Morgan fingerprint density at radius 1 is 1.17 bits per heavy atom. The fraction of sp³-hybridized carbons (Fsp3) is 0.400. The van der Waals surface area contributed by atoms with Crippen LogP contribution in [0.15, 0.2) is 18.2 Å². The van der Waals surface area contributed by atoms with Crippen molar-refractivity contribution in [2.75, 3.05) is 4.90 Å². The van der Waals surface area contributed by atoms with E-state index in [2.05, 4.69) is 0 Å². The molecule has 23 heavy (non-hydrogen) atoms. The number of ether oxygens (including phenoxy) is 1. The first kappa shape index (κ1) is 16.7. The van der Waals surface area contributed by atoms with Gasteiger partial charge < -0.3 is 14.9 Å². The number of aliphatic carboxylic acids is 2. The monoisotopic (exact) mass is 325 g/mol. The zero-order valence-corrected chi connectivity index (χ0v) is 12.7. The van der Waals surface area contributed by atoms with Crippen LogP contribution in [0.2, 0.25) is 0 Å². The van der Waals surface area contributed by atoms with Gasteiger partial charge in [-0.25, -0.2) is 14.0 Å². The van der Waals surface area contributed by atoms with Gasteiger partial charge in [0.1, 0.15) is 17.3 Å². The number of nitrogens with zero attached hydrogens (tertiary/aromatic N) is 1. The molecule has 1 aromatic rings. The average Bonchev–Trinajstić information content (AvgIpc) is 2.73. The molecule has 1 aromatic carbocycles. The number of carboxylic acid groups (broad SMARTS) is 2. The summed E-state index contributed by atoms with van der Waals surface area (Å²) < 4.78 is 19.3. The van der Waals surface area contributed by atoms with Gasteiger partial charge in [-0.2, -0.15) is 0 Å². The van der Waals surface area contributed by atoms with E-state index in [1.807, 2.05) is 0 Å². The molecule has 2 N–H and O–H groups in total. The number of carbonyl (C=O) groups is 3. The molecule has 1 aliphatic rings. The molecule has 0 bridgehead atoms. The second-order valence-corrected chi connectivity index (χ2v) is 6.13. The summed E-state index contributed by atoms with van der Waals surface area (Å²) >= 11 is 0. The first-order chi connectivity index (χ1) is 10.5. The maximum absolute atomic E-state index is 14.2. The van der Waals surface area contributed by atoms with Crippen molar-refractivity contribution in [1.29, 1.82) is 0 Å². The van der Waals surface area contributed by atoms with Crippen LogP contribution in [0.1, 0.15) is 32.3 Å². The van der Waals surface area contributed by atoms with E-state index in [0.717, 1.165) is 6.07 Å². The Labute approximate surface area is 131 Å². The molecule has 8 heteroatoms. The van der Waals surface area contributed by atoms with Crippen molar-refractivity contribution >= 4 is 23.7 Å². The number of benzene rings is 1. The number of rotatable bonds is 2. The molecular weight excluding hydrogens is 309 g/mol. The van der Waals surface area contributed by atoms with Gasteiger partial charge in [-0.3, -0.25) is 9.69 Å². The van der Waals surface area contributed by atoms with Crippen LogP contribution in [0.5, 0.6) is 0 Å². The summed E-state index contributed by atoms with van der Waals surface area (Å²) in [6, 6.07) is 1.80. The summed E-state index contributed by atoms with van der Waals surface area (Å²) in [5.74, 6) is -5.48. The highest BCUT2D eigenvalue weighted by Crippen LogP contribution is 2.43. The van der Waals surface area contributed by atoms with Gasteiger partial charge in [0.2, 0.25) is 0 Å². The van der Waals surface area contributed by atoms with Gasteiger partial charge in [0.25, 0.3) is 0 Å². The minimum absolute atomic E-state index is 0.0734. The predicted octanol–water partition coefficient (Wildman–Crippen LogP) is 2.20. The van der Waals surface area contributed by atoms with E-state index in [9.17, 15) is 29.0 Å². The van der Waals surface area contributed by atoms with Crippen LogP contribution in [0.25, 0.3) is 0 Å². The molecular formula is C15H16FNO6. The maximum atomic E-state index is 14.2. The van der Waals surface area contributed by atoms with E-state index in [4.69, 9.17) is 4.74 Å². The minimum atomic E-state index is -1.78. The highest BCUT2D eigenvalue weighted by molar-refractivity contribution is 6.04. The SMILES string of the molecule is CC(C)(C)OC(=O)N1c2c(F)cccc2C(C(=O)O)C1C(=O)O. The first-order valence-corrected chi connectivity index (χ1v) is 6.81. The van der Waals surface area contributed by atoms with E-state index in [0.29, 0.717) is 4.90 Å². The van der Waals surface area contributed by atoms with Crippen molar-refractivity contribution in [3.05, 3.63) is 29.6 Å². The smallest absolute Gasteiger partial charge is 0.415 e. The van der Waals surface area contributed by atoms with E-state index < -0.39 is 41.4 Å². The number of hydrogen-bond acceptors (Lipinski definition) is 4. The average molecular weight is 325 g/mol. The molecule has 0 fully saturated rings. The van der Waals surface area contributed by atoms with Gasteiger partial charge in [-0.1, -0.05) is 12.1 Å². The van der Waals surface area contributed by atoms with Crippen molar-refractivity contribution in [2.24, 2.45) is 0 Å². The van der Waals surface area contributed by atoms with Crippen LogP contribution >= 0.6 is 0 Å². The topological polar surface area (TPSA) is 104 Å². The third kappa shape index (κ3) is 2.96. The summed E-state index contributed by atoms with van der Waals surface area (Å²) in [7, 11) is 0. The van der Waals surface area contributed by atoms with Crippen molar-refractivity contribution < 1.29 is 33.7 Å². The van der Waals surface area contributed by atoms with Crippen LogP contribution in [0.3, 0.4) is 0 Å². The molecule has 2 unspecified atom stereocenters. The standard InChI is InChI=1S/C15H16FNO6/c1-15(2,3)23-14(22)17-10-7(5-4-6-8(10)16)9(12(18)19)11(17)13(20)21/h4-6,9,11H,1-3H3,(H,18,19)(H,20,21). The van der Waals surface area contributed by atoms with Crippen LogP contribution in [-0.4, -0.2) is 39.9 Å². The zero-order valence-electron chi connectivity index (χ0n) is 12.7. The molecule has 0 aromatic heterocycles. The van der Waals surface area contributed by atoms with Gasteiger partial charge in [0.15, 0.2) is 6.04 Å². The van der Waals surface area contributed by atoms with Crippen molar-refractivity contribution in [2.45, 2.75) is 38.3 Å². The van der Waals surface area contributed by atoms with Gasteiger partial charge in [0, 0.05) is 0 Å². The molecule has 0 saturated heterocycles. The minimum Gasteiger partial charge on any atom is -0.481 e. The Kier molecular flexibility index (Phi) is 4.02. The molecule has 0 saturated carbocycles. The Bertz CT molecular complexity index is 681. The zero-order chi connectivity index (χ0) is 17.5. The lowest BCUT2D eigenvalue weighted by Crippen LogP contribution is -2.48. The molecule has 1 heterocycles. The maximum Gasteiger partial charge on any atom is 0.415 e. The van der Waals surface area contributed by atoms with Gasteiger partial charge in [-0.05, 0) is 32.4 Å². The summed E-state index contributed by atoms with van der Waals surface area (Å²) in [5, 5.41) is 18.7. The molecule has 1 aliphatic heterocycles. The number of hydrogen-bond donors (Lipinski definition) is 2. The summed E-state index contributed by atoms with van der Waals surface area (Å²) in [6.07, 6.45) is -1.11. The summed E-state index contributed by atoms with van der Waals surface area (Å²) in [4.78, 5) is 35.9. The van der Waals surface area contributed by atoms with E-state index >= 15 is 0 Å². The second kappa shape index (κ2) is 5.53. The third-order valence-corrected chi connectivity index (χ3v) is 3.30. The molecule has 124 valence electrons. The molecule has 0 spiro atoms. The highest BCUT2D eigenvalue weighted by atomic mass is 19.1. The van der Waals surface area contributed by atoms with Crippen LogP contribution < -0.4 is 4.90 Å². The summed E-state index contributed by atoms with van der Waals surface area (Å²) in [6.45, 7) is 4.69. The number of carboxylic acids is 2. The Morgan fingerprint density at radius 3 is 2.26 bits per heavy atom. The lowest BCUT2D eigenvalue weighted by molar-refractivity contribution is -0.146. The fourth-order valence-electron chi connectivity index (χ4n) is 2.53.